The molecule has 4 nitrogen and oxygen atoms in total. The lowest BCUT2D eigenvalue weighted by Gasteiger charge is -2.34. The van der Waals surface area contributed by atoms with Crippen molar-refractivity contribution >= 4 is 0 Å². The summed E-state index contributed by atoms with van der Waals surface area (Å²) in [4.78, 5) is 1.79. The van der Waals surface area contributed by atoms with Crippen molar-refractivity contribution in [2.45, 2.75) is 31.7 Å². The molecule has 0 radical (unpaired) electrons. The molecular weight excluding hydrogens is 488 g/mol. The highest BCUT2D eigenvalue weighted by molar-refractivity contribution is 5.82. The molecule has 0 fully saturated rings. The van der Waals surface area contributed by atoms with Gasteiger partial charge in [-0.1, -0.05) is 153 Å². The number of hydrogen-bond acceptors (Lipinski definition) is 3. The fourth-order valence-corrected chi connectivity index (χ4v) is 5.63. The smallest absolute Gasteiger partial charge is 0.144 e. The first-order valence-electron chi connectivity index (χ1n) is 14.0. The Morgan fingerprint density at radius 3 is 1.57 bits per heavy atom. The molecule has 6 aromatic rings. The number of tetrazole rings is 1. The van der Waals surface area contributed by atoms with Crippen molar-refractivity contribution in [3.63, 3.8) is 0 Å². The van der Waals surface area contributed by atoms with E-state index in [1.165, 1.54) is 11.1 Å². The lowest BCUT2D eigenvalue weighted by atomic mass is 9.77. The van der Waals surface area contributed by atoms with Gasteiger partial charge in [-0.05, 0) is 51.4 Å². The Morgan fingerprint density at radius 1 is 0.550 bits per heavy atom. The van der Waals surface area contributed by atoms with Crippen molar-refractivity contribution in [2.24, 2.45) is 0 Å². The molecule has 5 aromatic carbocycles. The van der Waals surface area contributed by atoms with Gasteiger partial charge in [0.15, 0.2) is 5.54 Å². The van der Waals surface area contributed by atoms with Crippen LogP contribution in [0.1, 0.15) is 42.0 Å². The maximum absolute atomic E-state index is 5.15. The van der Waals surface area contributed by atoms with E-state index in [0.29, 0.717) is 5.82 Å². The van der Waals surface area contributed by atoms with Crippen molar-refractivity contribution in [3.05, 3.63) is 162 Å². The number of aryl methyl sites for hydroxylation is 1. The highest BCUT2D eigenvalue weighted by Crippen LogP contribution is 2.40. The van der Waals surface area contributed by atoms with E-state index in [9.17, 15) is 0 Å². The fourth-order valence-electron chi connectivity index (χ4n) is 5.63. The molecule has 0 saturated carbocycles. The molecule has 0 spiro atoms. The van der Waals surface area contributed by atoms with E-state index in [1.807, 2.05) is 24.3 Å². The summed E-state index contributed by atoms with van der Waals surface area (Å²) in [6, 6.07) is 48.4. The van der Waals surface area contributed by atoms with Gasteiger partial charge in [-0.15, -0.1) is 15.0 Å². The molecule has 0 unspecified atom stereocenters. The molecule has 0 aliphatic heterocycles. The van der Waals surface area contributed by atoms with Gasteiger partial charge < -0.3 is 0 Å². The van der Waals surface area contributed by atoms with Crippen molar-refractivity contribution in [1.29, 1.82) is 0 Å². The third-order valence-electron chi connectivity index (χ3n) is 7.56. The van der Waals surface area contributed by atoms with E-state index in [0.717, 1.165) is 47.1 Å². The van der Waals surface area contributed by atoms with Crippen LogP contribution in [0.3, 0.4) is 0 Å². The summed E-state index contributed by atoms with van der Waals surface area (Å²) in [7, 11) is 0. The molecule has 0 atom stereocenters. The quantitative estimate of drug-likeness (QED) is 0.181. The molecule has 6 rings (SSSR count). The van der Waals surface area contributed by atoms with Crippen molar-refractivity contribution < 1.29 is 0 Å². The minimum absolute atomic E-state index is 0.605. The Bertz CT molecular complexity index is 1580. The number of benzene rings is 5. The minimum Gasteiger partial charge on any atom is -0.144 e. The SMILES string of the molecule is CCCCc1ccccc1-c1ccccc1-c1nnn(C(c2ccccc2)(c2ccccc2)c2ccccc2)n1. The van der Waals surface area contributed by atoms with Gasteiger partial charge >= 0.3 is 0 Å². The molecule has 4 heteroatoms. The van der Waals surface area contributed by atoms with Crippen molar-refractivity contribution in [2.75, 3.05) is 0 Å². The average Bonchev–Trinajstić information content (AvgIpc) is 3.53. The third-order valence-corrected chi connectivity index (χ3v) is 7.56. The summed E-state index contributed by atoms with van der Waals surface area (Å²) < 4.78 is 0. The Morgan fingerprint density at radius 2 is 1.02 bits per heavy atom. The topological polar surface area (TPSA) is 43.6 Å². The zero-order chi connectivity index (χ0) is 27.2. The first-order valence-corrected chi connectivity index (χ1v) is 14.0. The second kappa shape index (κ2) is 11.5. The van der Waals surface area contributed by atoms with Crippen LogP contribution in [0.4, 0.5) is 0 Å². The zero-order valence-corrected chi connectivity index (χ0v) is 22.7. The highest BCUT2D eigenvalue weighted by Gasteiger charge is 2.41. The maximum Gasteiger partial charge on any atom is 0.205 e. The Hall–Kier alpha value is -4.83. The summed E-state index contributed by atoms with van der Waals surface area (Å²) in [6.07, 6.45) is 3.36. The van der Waals surface area contributed by atoms with Gasteiger partial charge in [0.05, 0.1) is 0 Å². The number of rotatable bonds is 9. The van der Waals surface area contributed by atoms with Gasteiger partial charge in [0, 0.05) is 5.56 Å². The van der Waals surface area contributed by atoms with E-state index in [1.54, 1.807) is 4.80 Å². The molecule has 1 aromatic heterocycles. The van der Waals surface area contributed by atoms with Crippen LogP contribution in [-0.2, 0) is 12.0 Å². The summed E-state index contributed by atoms with van der Waals surface area (Å²) in [5, 5.41) is 14.6. The molecule has 0 bridgehead atoms. The molecule has 0 saturated heterocycles. The molecule has 196 valence electrons. The van der Waals surface area contributed by atoms with Crippen LogP contribution in [0, 0.1) is 0 Å². The highest BCUT2D eigenvalue weighted by atomic mass is 15.6. The molecule has 1 heterocycles. The molecule has 0 aliphatic rings. The van der Waals surface area contributed by atoms with Crippen LogP contribution in [0.2, 0.25) is 0 Å². The third kappa shape index (κ3) is 4.62. The fraction of sp³-hybridized carbons (Fsp3) is 0.139. The van der Waals surface area contributed by atoms with Gasteiger partial charge in [0.25, 0.3) is 0 Å². The van der Waals surface area contributed by atoms with Gasteiger partial charge in [0.2, 0.25) is 5.82 Å². The Labute approximate surface area is 236 Å². The summed E-state index contributed by atoms with van der Waals surface area (Å²) in [5.74, 6) is 0.605. The summed E-state index contributed by atoms with van der Waals surface area (Å²) >= 11 is 0. The van der Waals surface area contributed by atoms with E-state index in [2.05, 4.69) is 122 Å². The number of hydrogen-bond donors (Lipinski definition) is 0. The van der Waals surface area contributed by atoms with Crippen LogP contribution in [-0.4, -0.2) is 20.2 Å². The minimum atomic E-state index is -0.803. The second-order valence-electron chi connectivity index (χ2n) is 10.0. The Balaban J connectivity index is 1.56. The lowest BCUT2D eigenvalue weighted by Crippen LogP contribution is -2.39. The zero-order valence-electron chi connectivity index (χ0n) is 22.7. The Kier molecular flexibility index (Phi) is 7.32. The van der Waals surface area contributed by atoms with E-state index in [-0.39, 0.29) is 0 Å². The van der Waals surface area contributed by atoms with E-state index in [4.69, 9.17) is 15.4 Å². The van der Waals surface area contributed by atoms with Crippen LogP contribution in [0.25, 0.3) is 22.5 Å². The van der Waals surface area contributed by atoms with E-state index < -0.39 is 5.54 Å². The summed E-state index contributed by atoms with van der Waals surface area (Å²) in [5.41, 5.74) is 7.06. The number of unbranched alkanes of at least 4 members (excludes halogenated alkanes) is 1. The second-order valence-corrected chi connectivity index (χ2v) is 10.0. The van der Waals surface area contributed by atoms with Gasteiger partial charge in [-0.3, -0.25) is 0 Å². The predicted molar refractivity (Wildman–Crippen MR) is 162 cm³/mol. The number of aromatic nitrogens is 4. The van der Waals surface area contributed by atoms with Gasteiger partial charge in [-0.25, -0.2) is 0 Å². The van der Waals surface area contributed by atoms with Crippen LogP contribution in [0.15, 0.2) is 140 Å². The van der Waals surface area contributed by atoms with Crippen LogP contribution in [0.5, 0.6) is 0 Å². The normalized spacial score (nSPS) is 11.4. The molecular formula is C36H32N4. The largest absolute Gasteiger partial charge is 0.205 e. The van der Waals surface area contributed by atoms with Crippen molar-refractivity contribution in [1.82, 2.24) is 20.2 Å². The molecule has 40 heavy (non-hydrogen) atoms. The standard InChI is InChI=1S/C36H32N4/c1-2-3-17-28-18-13-14-25-32(28)33-26-15-16-27-34(33)35-37-39-40(38-35)36(29-19-7-4-8-20-29,30-21-9-5-10-22-30)31-23-11-6-12-24-31/h4-16,18-27H,2-3,17H2,1H3. The van der Waals surface area contributed by atoms with Gasteiger partial charge in [-0.2, -0.15) is 0 Å². The number of nitrogens with zero attached hydrogens (tertiary/aromatic N) is 4. The average molecular weight is 521 g/mol. The summed E-state index contributed by atoms with van der Waals surface area (Å²) in [6.45, 7) is 2.23. The molecule has 0 N–H and O–H groups in total. The van der Waals surface area contributed by atoms with Gasteiger partial charge in [0.1, 0.15) is 0 Å². The predicted octanol–water partition coefficient (Wildman–Crippen LogP) is 8.19. The first-order chi connectivity index (χ1) is 19.8. The van der Waals surface area contributed by atoms with Crippen LogP contribution >= 0.6 is 0 Å². The molecule has 0 amide bonds. The van der Waals surface area contributed by atoms with Crippen LogP contribution < -0.4 is 0 Å². The lowest BCUT2D eigenvalue weighted by molar-refractivity contribution is 0.396. The first kappa shape index (κ1) is 25.4. The monoisotopic (exact) mass is 520 g/mol. The maximum atomic E-state index is 5.15. The van der Waals surface area contributed by atoms with E-state index >= 15 is 0 Å². The van der Waals surface area contributed by atoms with Crippen molar-refractivity contribution in [3.8, 4) is 22.5 Å². The molecule has 0 aliphatic carbocycles.